The van der Waals surface area contributed by atoms with Crippen molar-refractivity contribution in [2.24, 2.45) is 0 Å². The van der Waals surface area contributed by atoms with Crippen LogP contribution in [0.25, 0.3) is 0 Å². The van der Waals surface area contributed by atoms with Gasteiger partial charge < -0.3 is 15.4 Å². The zero-order valence-corrected chi connectivity index (χ0v) is 17.0. The standard InChI is InChI=1S/C19H16F3N3O3S2/c20-19(21,22)28-14-3-1-12(2-4-14)9-15-10-24-18(30-15)25-16(26)5-7-23-17(27)13-6-8-29-11-13/h1-4,6,8,10-11H,5,7,9H2,(H,23,27)(H,24,25,26). The van der Waals surface area contributed by atoms with E-state index in [1.165, 1.54) is 46.9 Å². The third-order valence-corrected chi connectivity index (χ3v) is 5.35. The number of thiazole rings is 1. The third kappa shape index (κ3) is 6.85. The Morgan fingerprint density at radius 2 is 1.90 bits per heavy atom. The van der Waals surface area contributed by atoms with E-state index in [0.29, 0.717) is 17.1 Å². The van der Waals surface area contributed by atoms with E-state index in [4.69, 9.17) is 0 Å². The number of ether oxygens (including phenoxy) is 1. The molecule has 0 aliphatic rings. The number of carbonyl (C=O) groups excluding carboxylic acids is 2. The highest BCUT2D eigenvalue weighted by atomic mass is 32.1. The number of halogens is 3. The Labute approximate surface area is 177 Å². The quantitative estimate of drug-likeness (QED) is 0.526. The number of carbonyl (C=O) groups is 2. The molecule has 11 heteroatoms. The van der Waals surface area contributed by atoms with E-state index in [0.717, 1.165) is 10.4 Å². The molecule has 2 N–H and O–H groups in total. The number of nitrogens with zero attached hydrogens (tertiary/aromatic N) is 1. The van der Waals surface area contributed by atoms with Crippen LogP contribution in [0.15, 0.2) is 47.3 Å². The number of anilines is 1. The zero-order valence-electron chi connectivity index (χ0n) is 15.4. The van der Waals surface area contributed by atoms with Gasteiger partial charge in [-0.3, -0.25) is 9.59 Å². The maximum atomic E-state index is 12.2. The van der Waals surface area contributed by atoms with E-state index in [9.17, 15) is 22.8 Å². The van der Waals surface area contributed by atoms with Crippen molar-refractivity contribution in [1.82, 2.24) is 10.3 Å². The Kier molecular flexibility index (Phi) is 7.06. The lowest BCUT2D eigenvalue weighted by Crippen LogP contribution is -2.27. The lowest BCUT2D eigenvalue weighted by Gasteiger charge is -2.08. The number of hydrogen-bond acceptors (Lipinski definition) is 6. The van der Waals surface area contributed by atoms with Gasteiger partial charge in [0.25, 0.3) is 5.91 Å². The average Bonchev–Trinajstić information content (AvgIpc) is 3.34. The summed E-state index contributed by atoms with van der Waals surface area (Å²) in [6.45, 7) is 0.199. The molecule has 0 radical (unpaired) electrons. The van der Waals surface area contributed by atoms with Gasteiger partial charge in [-0.25, -0.2) is 4.98 Å². The van der Waals surface area contributed by atoms with Gasteiger partial charge in [-0.05, 0) is 29.1 Å². The molecule has 30 heavy (non-hydrogen) atoms. The Bertz CT molecular complexity index is 987. The van der Waals surface area contributed by atoms with Crippen LogP contribution in [0.3, 0.4) is 0 Å². The van der Waals surface area contributed by atoms with Gasteiger partial charge in [0.2, 0.25) is 5.91 Å². The first-order valence-corrected chi connectivity index (χ1v) is 10.4. The Hall–Kier alpha value is -2.92. The van der Waals surface area contributed by atoms with Crippen molar-refractivity contribution < 1.29 is 27.5 Å². The number of amides is 2. The minimum atomic E-state index is -4.72. The highest BCUT2D eigenvalue weighted by molar-refractivity contribution is 7.15. The molecule has 0 aliphatic carbocycles. The van der Waals surface area contributed by atoms with Gasteiger partial charge in [-0.15, -0.1) is 24.5 Å². The molecule has 0 unspecified atom stereocenters. The molecule has 6 nitrogen and oxygen atoms in total. The molecule has 0 atom stereocenters. The third-order valence-electron chi connectivity index (χ3n) is 3.76. The molecule has 2 heterocycles. The van der Waals surface area contributed by atoms with Crippen LogP contribution >= 0.6 is 22.7 Å². The van der Waals surface area contributed by atoms with E-state index >= 15 is 0 Å². The normalized spacial score (nSPS) is 11.2. The molecule has 0 aliphatic heterocycles. The molecule has 0 saturated carbocycles. The van der Waals surface area contributed by atoms with Gasteiger partial charge in [0.05, 0.1) is 0 Å². The van der Waals surface area contributed by atoms with Crippen molar-refractivity contribution in [2.75, 3.05) is 11.9 Å². The number of hydrogen-bond donors (Lipinski definition) is 2. The van der Waals surface area contributed by atoms with Crippen LogP contribution in [-0.2, 0) is 11.2 Å². The zero-order chi connectivity index (χ0) is 21.6. The molecular formula is C19H16F3N3O3S2. The van der Waals surface area contributed by atoms with E-state index in [2.05, 4.69) is 20.4 Å². The molecule has 1 aromatic carbocycles. The second-order valence-electron chi connectivity index (χ2n) is 6.07. The van der Waals surface area contributed by atoms with Crippen molar-refractivity contribution in [1.29, 1.82) is 0 Å². The van der Waals surface area contributed by atoms with Gasteiger partial charge in [-0.2, -0.15) is 11.3 Å². The Balaban J connectivity index is 1.44. The lowest BCUT2D eigenvalue weighted by atomic mass is 10.1. The highest BCUT2D eigenvalue weighted by Crippen LogP contribution is 2.25. The number of nitrogens with one attached hydrogen (secondary N) is 2. The predicted molar refractivity (Wildman–Crippen MR) is 108 cm³/mol. The predicted octanol–water partition coefficient (Wildman–Crippen LogP) is 4.45. The number of alkyl halides is 3. The molecule has 0 bridgehead atoms. The summed E-state index contributed by atoms with van der Waals surface area (Å²) in [4.78, 5) is 28.8. The van der Waals surface area contributed by atoms with Gasteiger partial charge in [0.15, 0.2) is 5.13 Å². The number of rotatable bonds is 8. The Morgan fingerprint density at radius 3 is 2.57 bits per heavy atom. The minimum absolute atomic E-state index is 0.103. The minimum Gasteiger partial charge on any atom is -0.406 e. The molecule has 2 aromatic heterocycles. The fraction of sp³-hybridized carbons (Fsp3) is 0.211. The summed E-state index contributed by atoms with van der Waals surface area (Å²) in [7, 11) is 0. The SMILES string of the molecule is O=C(CCNC(=O)c1ccsc1)Nc1ncc(Cc2ccc(OC(F)(F)F)cc2)s1. The van der Waals surface area contributed by atoms with Crippen molar-refractivity contribution >= 4 is 39.6 Å². The molecule has 3 aromatic rings. The fourth-order valence-corrected chi connectivity index (χ4v) is 3.92. The van der Waals surface area contributed by atoms with Crippen LogP contribution in [0.5, 0.6) is 5.75 Å². The number of aromatic nitrogens is 1. The highest BCUT2D eigenvalue weighted by Gasteiger charge is 2.30. The smallest absolute Gasteiger partial charge is 0.406 e. The van der Waals surface area contributed by atoms with Crippen LogP contribution in [0.4, 0.5) is 18.3 Å². The number of benzene rings is 1. The summed E-state index contributed by atoms with van der Waals surface area (Å²) < 4.78 is 40.4. The van der Waals surface area contributed by atoms with Crippen LogP contribution in [0, 0.1) is 0 Å². The summed E-state index contributed by atoms with van der Waals surface area (Å²) in [5, 5.41) is 9.27. The summed E-state index contributed by atoms with van der Waals surface area (Å²) in [5.41, 5.74) is 1.34. The van der Waals surface area contributed by atoms with Crippen LogP contribution in [0.2, 0.25) is 0 Å². The topological polar surface area (TPSA) is 80.3 Å². The largest absolute Gasteiger partial charge is 0.573 e. The summed E-state index contributed by atoms with van der Waals surface area (Å²) in [6.07, 6.45) is -2.57. The van der Waals surface area contributed by atoms with Crippen molar-refractivity contribution in [2.45, 2.75) is 19.2 Å². The summed E-state index contributed by atoms with van der Waals surface area (Å²) >= 11 is 2.68. The molecule has 0 spiro atoms. The maximum absolute atomic E-state index is 12.2. The monoisotopic (exact) mass is 455 g/mol. The van der Waals surface area contributed by atoms with Crippen molar-refractivity contribution in [3.8, 4) is 5.75 Å². The van der Waals surface area contributed by atoms with Gasteiger partial charge in [0.1, 0.15) is 5.75 Å². The van der Waals surface area contributed by atoms with E-state index in [-0.39, 0.29) is 30.5 Å². The first kappa shape index (κ1) is 21.8. The van der Waals surface area contributed by atoms with E-state index < -0.39 is 6.36 Å². The van der Waals surface area contributed by atoms with Crippen LogP contribution in [-0.4, -0.2) is 29.7 Å². The van der Waals surface area contributed by atoms with Gasteiger partial charge in [0, 0.05) is 41.4 Å². The Morgan fingerprint density at radius 1 is 1.13 bits per heavy atom. The lowest BCUT2D eigenvalue weighted by molar-refractivity contribution is -0.274. The van der Waals surface area contributed by atoms with Gasteiger partial charge in [-0.1, -0.05) is 12.1 Å². The first-order valence-electron chi connectivity index (χ1n) is 8.68. The number of thiophene rings is 1. The van der Waals surface area contributed by atoms with E-state index in [1.807, 2.05) is 0 Å². The molecular weight excluding hydrogens is 439 g/mol. The van der Waals surface area contributed by atoms with Gasteiger partial charge >= 0.3 is 6.36 Å². The second kappa shape index (κ2) is 9.72. The van der Waals surface area contributed by atoms with Crippen LogP contribution < -0.4 is 15.4 Å². The fourth-order valence-electron chi connectivity index (χ4n) is 2.42. The molecule has 158 valence electrons. The van der Waals surface area contributed by atoms with Crippen LogP contribution in [0.1, 0.15) is 27.2 Å². The molecule has 2 amide bonds. The average molecular weight is 455 g/mol. The summed E-state index contributed by atoms with van der Waals surface area (Å²) in [5.74, 6) is -0.794. The first-order chi connectivity index (χ1) is 14.3. The van der Waals surface area contributed by atoms with Crippen molar-refractivity contribution in [3.05, 3.63) is 63.3 Å². The maximum Gasteiger partial charge on any atom is 0.573 e. The second-order valence-corrected chi connectivity index (χ2v) is 7.96. The van der Waals surface area contributed by atoms with E-state index in [1.54, 1.807) is 23.0 Å². The molecule has 0 fully saturated rings. The molecule has 0 saturated heterocycles. The van der Waals surface area contributed by atoms with Crippen molar-refractivity contribution in [3.63, 3.8) is 0 Å². The summed E-state index contributed by atoms with van der Waals surface area (Å²) in [6, 6.07) is 7.27. The molecule has 3 rings (SSSR count).